The number of benzene rings is 2. The first-order valence-corrected chi connectivity index (χ1v) is 7.99. The summed E-state index contributed by atoms with van der Waals surface area (Å²) in [6.07, 6.45) is 2.24. The van der Waals surface area contributed by atoms with Crippen molar-refractivity contribution in [2.45, 2.75) is 19.8 Å². The van der Waals surface area contributed by atoms with Gasteiger partial charge >= 0.3 is 0 Å². The van der Waals surface area contributed by atoms with Gasteiger partial charge in [-0.15, -0.1) is 0 Å². The summed E-state index contributed by atoms with van der Waals surface area (Å²) in [4.78, 5) is 4.76. The molecule has 3 nitrogen and oxygen atoms in total. The molecule has 3 rings (SSSR count). The molecule has 0 radical (unpaired) electrons. The van der Waals surface area contributed by atoms with Crippen LogP contribution in [-0.2, 0) is 0 Å². The first-order valence-electron chi connectivity index (χ1n) is 7.99. The molecule has 1 aromatic heterocycles. The third kappa shape index (κ3) is 3.45. The number of para-hydroxylation sites is 1. The molecule has 23 heavy (non-hydrogen) atoms. The van der Waals surface area contributed by atoms with Crippen LogP contribution in [0.15, 0.2) is 64.0 Å². The van der Waals surface area contributed by atoms with Crippen molar-refractivity contribution in [2.75, 3.05) is 13.7 Å². The summed E-state index contributed by atoms with van der Waals surface area (Å²) in [5.74, 6) is 1.66. The van der Waals surface area contributed by atoms with E-state index in [1.807, 2.05) is 48.5 Å². The van der Waals surface area contributed by atoms with Gasteiger partial charge in [0.05, 0.1) is 12.5 Å². The smallest absolute Gasteiger partial charge is 0.136 e. The predicted molar refractivity (Wildman–Crippen MR) is 93.5 cm³/mol. The maximum Gasteiger partial charge on any atom is 0.136 e. The van der Waals surface area contributed by atoms with E-state index in [2.05, 4.69) is 13.0 Å². The van der Waals surface area contributed by atoms with E-state index < -0.39 is 0 Å². The van der Waals surface area contributed by atoms with Crippen molar-refractivity contribution < 1.29 is 9.15 Å². The van der Waals surface area contributed by atoms with Gasteiger partial charge in [0.15, 0.2) is 0 Å². The molecule has 0 saturated carbocycles. The van der Waals surface area contributed by atoms with Gasteiger partial charge in [-0.2, -0.15) is 0 Å². The van der Waals surface area contributed by atoms with Crippen LogP contribution in [-0.4, -0.2) is 13.7 Å². The van der Waals surface area contributed by atoms with E-state index in [1.54, 1.807) is 7.11 Å². The number of nitrogens with zero attached hydrogens (tertiary/aromatic N) is 1. The molecule has 0 unspecified atom stereocenters. The van der Waals surface area contributed by atoms with E-state index in [1.165, 1.54) is 0 Å². The van der Waals surface area contributed by atoms with Crippen LogP contribution >= 0.6 is 0 Å². The Morgan fingerprint density at radius 1 is 1.04 bits per heavy atom. The third-order valence-electron chi connectivity index (χ3n) is 3.82. The number of rotatable bonds is 5. The van der Waals surface area contributed by atoms with Crippen molar-refractivity contribution in [2.24, 2.45) is 4.99 Å². The second-order valence-electron chi connectivity index (χ2n) is 5.46. The van der Waals surface area contributed by atoms with Gasteiger partial charge in [0.2, 0.25) is 0 Å². The number of hydrogen-bond acceptors (Lipinski definition) is 3. The molecule has 118 valence electrons. The molecule has 0 fully saturated rings. The largest absolute Gasteiger partial charge is 0.497 e. The zero-order valence-electron chi connectivity index (χ0n) is 13.6. The maximum atomic E-state index is 6.07. The van der Waals surface area contributed by atoms with Crippen LogP contribution < -0.4 is 10.1 Å². The Bertz CT molecular complexity index is 847. The Hall–Kier alpha value is -2.55. The molecule has 0 aliphatic carbocycles. The van der Waals surface area contributed by atoms with Gasteiger partial charge in [-0.1, -0.05) is 25.5 Å². The predicted octanol–water partition coefficient (Wildman–Crippen LogP) is 4.81. The molecule has 0 N–H and O–H groups in total. The lowest BCUT2D eigenvalue weighted by Crippen LogP contribution is -2.05. The fourth-order valence-electron chi connectivity index (χ4n) is 2.50. The lowest BCUT2D eigenvalue weighted by Gasteiger charge is -2.06. The summed E-state index contributed by atoms with van der Waals surface area (Å²) >= 11 is 0. The molecule has 3 heteroatoms. The molecule has 0 saturated heterocycles. The molecular weight excluding hydrogens is 286 g/mol. The first-order chi connectivity index (χ1) is 11.3. The van der Waals surface area contributed by atoms with E-state index in [0.29, 0.717) is 0 Å². The summed E-state index contributed by atoms with van der Waals surface area (Å²) in [6, 6.07) is 18.0. The minimum atomic E-state index is 0.821. The van der Waals surface area contributed by atoms with E-state index in [4.69, 9.17) is 14.1 Å². The Morgan fingerprint density at radius 2 is 1.83 bits per heavy atom. The Balaban J connectivity index is 2.11. The van der Waals surface area contributed by atoms with Crippen molar-refractivity contribution in [1.29, 1.82) is 0 Å². The monoisotopic (exact) mass is 307 g/mol. The zero-order chi connectivity index (χ0) is 16.1. The average molecular weight is 307 g/mol. The van der Waals surface area contributed by atoms with Crippen molar-refractivity contribution >= 4 is 11.0 Å². The van der Waals surface area contributed by atoms with Crippen LogP contribution in [0.5, 0.6) is 5.75 Å². The highest BCUT2D eigenvalue weighted by atomic mass is 16.5. The standard InChI is InChI=1S/C20H21NO2/c1-3-4-13-21-18-14-20(15-9-11-16(22-2)12-10-15)23-19-8-6-5-7-17(18)19/h5-12,14H,3-4,13H2,1-2H3. The van der Waals surface area contributed by atoms with Gasteiger partial charge < -0.3 is 9.15 Å². The van der Waals surface area contributed by atoms with Crippen LogP contribution in [0.25, 0.3) is 22.3 Å². The van der Waals surface area contributed by atoms with Crippen molar-refractivity contribution in [3.8, 4) is 17.1 Å². The number of hydrogen-bond donors (Lipinski definition) is 0. The summed E-state index contributed by atoms with van der Waals surface area (Å²) in [5.41, 5.74) is 1.87. The van der Waals surface area contributed by atoms with Gasteiger partial charge in [-0.25, -0.2) is 0 Å². The van der Waals surface area contributed by atoms with Crippen LogP contribution in [0.2, 0.25) is 0 Å². The van der Waals surface area contributed by atoms with Gasteiger partial charge in [0.25, 0.3) is 0 Å². The van der Waals surface area contributed by atoms with E-state index in [9.17, 15) is 0 Å². The van der Waals surface area contributed by atoms with E-state index in [0.717, 1.165) is 52.8 Å². The van der Waals surface area contributed by atoms with Gasteiger partial charge in [0, 0.05) is 23.6 Å². The SMILES string of the molecule is CCCCN=c1cc(-c2ccc(OC)cc2)oc2ccccc12. The minimum Gasteiger partial charge on any atom is -0.497 e. The maximum absolute atomic E-state index is 6.07. The van der Waals surface area contributed by atoms with Gasteiger partial charge in [0.1, 0.15) is 17.1 Å². The quantitative estimate of drug-likeness (QED) is 0.634. The van der Waals surface area contributed by atoms with Crippen molar-refractivity contribution in [1.82, 2.24) is 0 Å². The normalized spacial score (nSPS) is 11.8. The molecule has 0 amide bonds. The summed E-state index contributed by atoms with van der Waals surface area (Å²) < 4.78 is 11.3. The van der Waals surface area contributed by atoms with E-state index >= 15 is 0 Å². The Morgan fingerprint density at radius 3 is 2.57 bits per heavy atom. The molecule has 2 aromatic carbocycles. The second-order valence-corrected chi connectivity index (χ2v) is 5.46. The lowest BCUT2D eigenvalue weighted by molar-refractivity contribution is 0.415. The summed E-state index contributed by atoms with van der Waals surface area (Å²) in [6.45, 7) is 3.02. The van der Waals surface area contributed by atoms with Crippen LogP contribution in [0.3, 0.4) is 0 Å². The highest BCUT2D eigenvalue weighted by Crippen LogP contribution is 2.24. The van der Waals surface area contributed by atoms with Gasteiger partial charge in [-0.05, 0) is 42.8 Å². The summed E-state index contributed by atoms with van der Waals surface area (Å²) in [7, 11) is 1.67. The zero-order valence-corrected chi connectivity index (χ0v) is 13.6. The fraction of sp³-hybridized carbons (Fsp3) is 0.250. The highest BCUT2D eigenvalue weighted by Gasteiger charge is 2.05. The number of methoxy groups -OCH3 is 1. The molecule has 1 heterocycles. The number of fused-ring (bicyclic) bond motifs is 1. The Kier molecular flexibility index (Phi) is 4.77. The van der Waals surface area contributed by atoms with Crippen molar-refractivity contribution in [3.05, 3.63) is 60.0 Å². The topological polar surface area (TPSA) is 34.7 Å². The molecule has 0 atom stereocenters. The molecule has 3 aromatic rings. The molecular formula is C20H21NO2. The molecule has 0 bridgehead atoms. The third-order valence-corrected chi connectivity index (χ3v) is 3.82. The number of ether oxygens (including phenoxy) is 1. The average Bonchev–Trinajstić information content (AvgIpc) is 2.62. The highest BCUT2D eigenvalue weighted by molar-refractivity contribution is 5.78. The first kappa shape index (κ1) is 15.3. The van der Waals surface area contributed by atoms with Crippen LogP contribution in [0.1, 0.15) is 19.8 Å². The Labute approximate surface area is 136 Å². The molecule has 0 aliphatic heterocycles. The van der Waals surface area contributed by atoms with Gasteiger partial charge in [-0.3, -0.25) is 4.99 Å². The van der Waals surface area contributed by atoms with Crippen LogP contribution in [0.4, 0.5) is 0 Å². The fourth-order valence-corrected chi connectivity index (χ4v) is 2.50. The van der Waals surface area contributed by atoms with Crippen molar-refractivity contribution in [3.63, 3.8) is 0 Å². The second kappa shape index (κ2) is 7.14. The molecule has 0 aliphatic rings. The van der Waals surface area contributed by atoms with Crippen LogP contribution in [0, 0.1) is 0 Å². The minimum absolute atomic E-state index is 0.821. The van der Waals surface area contributed by atoms with E-state index in [-0.39, 0.29) is 0 Å². The molecule has 0 spiro atoms. The summed E-state index contributed by atoms with van der Waals surface area (Å²) in [5, 5.41) is 2.05. The lowest BCUT2D eigenvalue weighted by atomic mass is 10.1. The number of unbranched alkanes of at least 4 members (excludes halogenated alkanes) is 1.